The van der Waals surface area contributed by atoms with Crippen LogP contribution < -0.4 is 10.1 Å². The number of amides is 1. The number of hydrogen-bond acceptors (Lipinski definition) is 5. The lowest BCUT2D eigenvalue weighted by Crippen LogP contribution is -2.24. The van der Waals surface area contributed by atoms with Crippen LogP contribution in [0.15, 0.2) is 77.3 Å². The molecule has 0 heterocycles. The van der Waals surface area contributed by atoms with Crippen molar-refractivity contribution < 1.29 is 17.9 Å². The summed E-state index contributed by atoms with van der Waals surface area (Å²) < 4.78 is 31.2. The van der Waals surface area contributed by atoms with Crippen LogP contribution in [0.1, 0.15) is 16.7 Å². The molecule has 0 saturated carbocycles. The van der Waals surface area contributed by atoms with Gasteiger partial charge in [0.2, 0.25) is 5.91 Å². The number of rotatable bonds is 8. The summed E-state index contributed by atoms with van der Waals surface area (Å²) in [6.45, 7) is 0.258. The quantitative estimate of drug-likeness (QED) is 0.494. The number of sulfone groups is 1. The number of ether oxygens (including phenoxy) is 1. The van der Waals surface area contributed by atoms with Gasteiger partial charge in [0.25, 0.3) is 0 Å². The zero-order chi connectivity index (χ0) is 22.3. The van der Waals surface area contributed by atoms with E-state index in [4.69, 9.17) is 10.00 Å². The number of nitriles is 1. The Balaban J connectivity index is 1.58. The van der Waals surface area contributed by atoms with Gasteiger partial charge in [-0.25, -0.2) is 8.42 Å². The van der Waals surface area contributed by atoms with Gasteiger partial charge in [0.1, 0.15) is 18.1 Å². The standard InChI is InChI=1S/C23H19BrN2O4S/c24-20-7-2-6-19(11-20)15-31(28,29)16-23(27)26-21-8-3-9-22(12-21)30-14-18-5-1-4-17(10-18)13-25/h1-12H,14-16H2,(H,26,27). The summed E-state index contributed by atoms with van der Waals surface area (Å²) in [6, 6.07) is 22.8. The van der Waals surface area contributed by atoms with Crippen LogP contribution >= 0.6 is 15.9 Å². The third kappa shape index (κ3) is 7.24. The first-order valence-corrected chi connectivity index (χ1v) is 11.9. The third-order valence-corrected chi connectivity index (χ3v) is 6.17. The van der Waals surface area contributed by atoms with Crippen molar-refractivity contribution >= 4 is 37.4 Å². The lowest BCUT2D eigenvalue weighted by molar-refractivity contribution is -0.113. The van der Waals surface area contributed by atoms with E-state index >= 15 is 0 Å². The van der Waals surface area contributed by atoms with Crippen molar-refractivity contribution in [3.63, 3.8) is 0 Å². The van der Waals surface area contributed by atoms with E-state index in [-0.39, 0.29) is 12.4 Å². The van der Waals surface area contributed by atoms with Crippen molar-refractivity contribution in [1.29, 1.82) is 5.26 Å². The fourth-order valence-corrected chi connectivity index (χ4v) is 4.60. The predicted molar refractivity (Wildman–Crippen MR) is 122 cm³/mol. The third-order valence-electron chi connectivity index (χ3n) is 4.21. The number of carbonyl (C=O) groups is 1. The van der Waals surface area contributed by atoms with Crippen molar-refractivity contribution in [2.75, 3.05) is 11.1 Å². The highest BCUT2D eigenvalue weighted by molar-refractivity contribution is 9.10. The molecule has 0 aromatic heterocycles. The van der Waals surface area contributed by atoms with Crippen molar-refractivity contribution in [2.45, 2.75) is 12.4 Å². The molecule has 3 aromatic carbocycles. The minimum atomic E-state index is -3.62. The zero-order valence-corrected chi connectivity index (χ0v) is 18.8. The summed E-state index contributed by atoms with van der Waals surface area (Å²) >= 11 is 3.31. The highest BCUT2D eigenvalue weighted by Crippen LogP contribution is 2.19. The van der Waals surface area contributed by atoms with Crippen molar-refractivity contribution in [1.82, 2.24) is 0 Å². The van der Waals surface area contributed by atoms with Crippen LogP contribution in [0.2, 0.25) is 0 Å². The molecule has 0 aliphatic carbocycles. The van der Waals surface area contributed by atoms with E-state index in [9.17, 15) is 13.2 Å². The number of halogens is 1. The van der Waals surface area contributed by atoms with Crippen LogP contribution in [0.5, 0.6) is 5.75 Å². The molecule has 3 rings (SSSR count). The van der Waals surface area contributed by atoms with Crippen LogP contribution in [0.3, 0.4) is 0 Å². The summed E-state index contributed by atoms with van der Waals surface area (Å²) in [4.78, 5) is 12.3. The molecule has 0 aliphatic rings. The first kappa shape index (κ1) is 22.5. The number of benzene rings is 3. The van der Waals surface area contributed by atoms with Gasteiger partial charge in [-0.3, -0.25) is 4.79 Å². The second-order valence-electron chi connectivity index (χ2n) is 6.84. The van der Waals surface area contributed by atoms with E-state index in [1.807, 2.05) is 6.07 Å². The van der Waals surface area contributed by atoms with E-state index in [0.29, 0.717) is 22.6 Å². The number of hydrogen-bond donors (Lipinski definition) is 1. The maximum atomic E-state index is 12.4. The molecule has 8 heteroatoms. The molecule has 0 atom stereocenters. The van der Waals surface area contributed by atoms with Gasteiger partial charge in [-0.15, -0.1) is 0 Å². The van der Waals surface area contributed by atoms with E-state index in [0.717, 1.165) is 10.0 Å². The molecule has 0 unspecified atom stereocenters. The maximum absolute atomic E-state index is 12.4. The molecule has 0 saturated heterocycles. The van der Waals surface area contributed by atoms with Gasteiger partial charge in [-0.05, 0) is 47.5 Å². The highest BCUT2D eigenvalue weighted by atomic mass is 79.9. The van der Waals surface area contributed by atoms with Gasteiger partial charge in [0.15, 0.2) is 9.84 Å². The number of nitrogens with zero attached hydrogens (tertiary/aromatic N) is 1. The number of carbonyl (C=O) groups excluding carboxylic acids is 1. The van der Waals surface area contributed by atoms with Gasteiger partial charge in [0.05, 0.1) is 17.4 Å². The molecule has 0 spiro atoms. The van der Waals surface area contributed by atoms with Crippen molar-refractivity contribution in [2.24, 2.45) is 0 Å². The molecule has 1 amide bonds. The monoisotopic (exact) mass is 498 g/mol. The largest absolute Gasteiger partial charge is 0.489 e. The predicted octanol–water partition coefficient (Wildman–Crippen LogP) is 4.45. The molecule has 1 N–H and O–H groups in total. The number of nitrogens with one attached hydrogen (secondary N) is 1. The molecule has 158 valence electrons. The fourth-order valence-electron chi connectivity index (χ4n) is 2.89. The van der Waals surface area contributed by atoms with E-state index in [1.54, 1.807) is 66.7 Å². The van der Waals surface area contributed by atoms with Crippen LogP contribution in [0, 0.1) is 11.3 Å². The van der Waals surface area contributed by atoms with Crippen LogP contribution in [0.25, 0.3) is 0 Å². The summed E-state index contributed by atoms with van der Waals surface area (Å²) in [5.74, 6) is -0.943. The smallest absolute Gasteiger partial charge is 0.239 e. The first-order chi connectivity index (χ1) is 14.8. The van der Waals surface area contributed by atoms with Gasteiger partial charge in [-0.2, -0.15) is 5.26 Å². The van der Waals surface area contributed by atoms with E-state index in [1.165, 1.54) is 0 Å². The summed E-state index contributed by atoms with van der Waals surface area (Å²) in [6.07, 6.45) is 0. The second-order valence-corrected chi connectivity index (χ2v) is 9.82. The fraction of sp³-hybridized carbons (Fsp3) is 0.130. The Kier molecular flexibility index (Phi) is 7.45. The minimum Gasteiger partial charge on any atom is -0.489 e. The van der Waals surface area contributed by atoms with Crippen molar-refractivity contribution in [3.05, 3.63) is 94.0 Å². The SMILES string of the molecule is N#Cc1cccc(COc2cccc(NC(=O)CS(=O)(=O)Cc3cccc(Br)c3)c2)c1. The first-order valence-electron chi connectivity index (χ1n) is 9.29. The Labute approximate surface area is 189 Å². The van der Waals surface area contributed by atoms with Crippen LogP contribution in [-0.2, 0) is 27.0 Å². The summed E-state index contributed by atoms with van der Waals surface area (Å²) in [5.41, 5.74) is 2.43. The highest BCUT2D eigenvalue weighted by Gasteiger charge is 2.18. The number of anilines is 1. The molecule has 0 fully saturated rings. The maximum Gasteiger partial charge on any atom is 0.239 e. The average molecular weight is 499 g/mol. The normalized spacial score (nSPS) is 10.8. The molecule has 3 aromatic rings. The van der Waals surface area contributed by atoms with Gasteiger partial charge in [0, 0.05) is 16.2 Å². The molecule has 6 nitrogen and oxygen atoms in total. The van der Waals surface area contributed by atoms with Crippen molar-refractivity contribution in [3.8, 4) is 11.8 Å². The average Bonchev–Trinajstić information content (AvgIpc) is 2.72. The Hall–Kier alpha value is -3.15. The minimum absolute atomic E-state index is 0.217. The summed E-state index contributed by atoms with van der Waals surface area (Å²) in [7, 11) is -3.62. The van der Waals surface area contributed by atoms with E-state index in [2.05, 4.69) is 27.3 Å². The molecular weight excluding hydrogens is 480 g/mol. The Morgan fingerprint density at radius 2 is 1.74 bits per heavy atom. The van der Waals surface area contributed by atoms with Crippen LogP contribution in [-0.4, -0.2) is 20.1 Å². The van der Waals surface area contributed by atoms with Gasteiger partial charge >= 0.3 is 0 Å². The Bertz CT molecular complexity index is 1240. The molecule has 0 radical (unpaired) electrons. The summed E-state index contributed by atoms with van der Waals surface area (Å²) in [5, 5.41) is 11.6. The van der Waals surface area contributed by atoms with Gasteiger partial charge < -0.3 is 10.1 Å². The second kappa shape index (κ2) is 10.2. The molecule has 0 bridgehead atoms. The molecule has 31 heavy (non-hydrogen) atoms. The molecule has 0 aliphatic heterocycles. The topological polar surface area (TPSA) is 96.3 Å². The lowest BCUT2D eigenvalue weighted by Gasteiger charge is -2.10. The zero-order valence-electron chi connectivity index (χ0n) is 16.4. The van der Waals surface area contributed by atoms with Crippen LogP contribution in [0.4, 0.5) is 5.69 Å². The van der Waals surface area contributed by atoms with E-state index < -0.39 is 21.5 Å². The lowest BCUT2D eigenvalue weighted by atomic mass is 10.1. The Morgan fingerprint density at radius 1 is 1.00 bits per heavy atom. The Morgan fingerprint density at radius 3 is 2.52 bits per heavy atom. The molecular formula is C23H19BrN2O4S. The van der Waals surface area contributed by atoms with Gasteiger partial charge in [-0.1, -0.05) is 46.3 Å².